The van der Waals surface area contributed by atoms with Gasteiger partial charge >= 0.3 is 0 Å². The minimum absolute atomic E-state index is 0.658. The number of hydrogen-bond acceptors (Lipinski definition) is 3. The summed E-state index contributed by atoms with van der Waals surface area (Å²) < 4.78 is 24.8. The molecule has 3 nitrogen and oxygen atoms in total. The highest BCUT2D eigenvalue weighted by Crippen LogP contribution is 2.23. The quantitative estimate of drug-likeness (QED) is 0.669. The lowest BCUT2D eigenvalue weighted by molar-refractivity contribution is 0.422. The summed E-state index contributed by atoms with van der Waals surface area (Å²) in [6, 6.07) is 0. The Hall–Kier alpha value is 0.260. The molecule has 1 heterocycles. The van der Waals surface area contributed by atoms with E-state index in [0.717, 1.165) is 11.5 Å². The monoisotopic (exact) mass is 223 g/mol. The first-order valence-electron chi connectivity index (χ1n) is 4.43. The highest BCUT2D eigenvalue weighted by Gasteiger charge is 2.35. The van der Waals surface area contributed by atoms with Crippen molar-refractivity contribution in [3.63, 3.8) is 0 Å². The Morgan fingerprint density at radius 3 is 2.00 bits per heavy atom. The van der Waals surface area contributed by atoms with Crippen LogP contribution in [0.25, 0.3) is 0 Å². The maximum atomic E-state index is 11.9. The van der Waals surface area contributed by atoms with Crippen molar-refractivity contribution in [2.24, 2.45) is 0 Å². The Morgan fingerprint density at radius 1 is 1.15 bits per heavy atom. The zero-order chi connectivity index (χ0) is 10.1. The maximum Gasteiger partial charge on any atom is 0.219 e. The minimum atomic E-state index is -3.08. The van der Waals surface area contributed by atoms with Gasteiger partial charge in [-0.25, -0.2) is 8.42 Å². The van der Waals surface area contributed by atoms with Gasteiger partial charge in [0.2, 0.25) is 10.0 Å². The van der Waals surface area contributed by atoms with Crippen LogP contribution in [0.15, 0.2) is 0 Å². The molecule has 0 amide bonds. The molecule has 78 valence electrons. The zero-order valence-electron chi connectivity index (χ0n) is 8.41. The Morgan fingerprint density at radius 2 is 1.62 bits per heavy atom. The van der Waals surface area contributed by atoms with Crippen molar-refractivity contribution in [2.75, 3.05) is 24.6 Å². The molecule has 0 N–H and O–H groups in total. The molecule has 0 bridgehead atoms. The van der Waals surface area contributed by atoms with Gasteiger partial charge in [-0.15, -0.1) is 0 Å². The summed E-state index contributed by atoms with van der Waals surface area (Å²) in [6.45, 7) is 6.60. The third kappa shape index (κ3) is 2.39. The van der Waals surface area contributed by atoms with Crippen molar-refractivity contribution in [1.82, 2.24) is 4.31 Å². The molecule has 5 heteroatoms. The van der Waals surface area contributed by atoms with Gasteiger partial charge in [-0.1, -0.05) is 0 Å². The molecule has 0 aromatic heterocycles. The van der Waals surface area contributed by atoms with Gasteiger partial charge < -0.3 is 0 Å². The van der Waals surface area contributed by atoms with Crippen LogP contribution in [0, 0.1) is 0 Å². The van der Waals surface area contributed by atoms with Crippen molar-refractivity contribution >= 4 is 21.8 Å². The molecule has 0 spiro atoms. The van der Waals surface area contributed by atoms with E-state index in [9.17, 15) is 8.42 Å². The molecule has 1 fully saturated rings. The van der Waals surface area contributed by atoms with Crippen molar-refractivity contribution < 1.29 is 8.42 Å². The topological polar surface area (TPSA) is 37.4 Å². The lowest BCUT2D eigenvalue weighted by atomic mass is 10.3. The van der Waals surface area contributed by atoms with E-state index >= 15 is 0 Å². The number of hydrogen-bond donors (Lipinski definition) is 0. The first-order valence-corrected chi connectivity index (χ1v) is 7.02. The van der Waals surface area contributed by atoms with Gasteiger partial charge in [0.1, 0.15) is 0 Å². The van der Waals surface area contributed by atoms with Crippen LogP contribution in [0.4, 0.5) is 0 Å². The summed E-state index contributed by atoms with van der Waals surface area (Å²) in [7, 11) is -3.08. The van der Waals surface area contributed by atoms with Crippen LogP contribution in [-0.2, 0) is 10.0 Å². The summed E-state index contributed by atoms with van der Waals surface area (Å²) in [5.74, 6) is 1.85. The Labute approximate surface area is 84.9 Å². The fourth-order valence-corrected chi connectivity index (χ4v) is 3.75. The largest absolute Gasteiger partial charge is 0.219 e. The molecule has 0 aliphatic carbocycles. The summed E-state index contributed by atoms with van der Waals surface area (Å²) in [4.78, 5) is 0. The molecule has 1 aliphatic heterocycles. The van der Waals surface area contributed by atoms with Crippen LogP contribution in [0.5, 0.6) is 0 Å². The number of nitrogens with zero attached hydrogens (tertiary/aromatic N) is 1. The third-order valence-electron chi connectivity index (χ3n) is 2.08. The SMILES string of the molecule is CC(C)(C)S(=O)(=O)N1CCSCC1. The lowest BCUT2D eigenvalue weighted by Gasteiger charge is -2.32. The van der Waals surface area contributed by atoms with Gasteiger partial charge in [0.25, 0.3) is 0 Å². The zero-order valence-corrected chi connectivity index (χ0v) is 10.0. The molecule has 0 saturated carbocycles. The molecule has 1 rings (SSSR count). The highest BCUT2D eigenvalue weighted by molar-refractivity contribution is 7.99. The molecule has 0 aromatic carbocycles. The summed E-state index contributed by atoms with van der Waals surface area (Å²) in [5, 5.41) is 0. The smallest absolute Gasteiger partial charge is 0.212 e. The summed E-state index contributed by atoms with van der Waals surface area (Å²) >= 11 is 1.82. The molecule has 0 aromatic rings. The van der Waals surface area contributed by atoms with Gasteiger partial charge in [0.05, 0.1) is 4.75 Å². The van der Waals surface area contributed by atoms with E-state index in [1.54, 1.807) is 25.1 Å². The van der Waals surface area contributed by atoms with Crippen LogP contribution >= 0.6 is 11.8 Å². The normalized spacial score (nSPS) is 21.8. The molecular weight excluding hydrogens is 206 g/mol. The van der Waals surface area contributed by atoms with E-state index in [2.05, 4.69) is 0 Å². The molecule has 13 heavy (non-hydrogen) atoms. The van der Waals surface area contributed by atoms with Crippen LogP contribution in [0.3, 0.4) is 0 Å². The maximum absolute atomic E-state index is 11.9. The van der Waals surface area contributed by atoms with Gasteiger partial charge in [-0.2, -0.15) is 16.1 Å². The molecule has 1 aliphatic rings. The van der Waals surface area contributed by atoms with Gasteiger partial charge in [-0.05, 0) is 20.8 Å². The second-order valence-corrected chi connectivity index (χ2v) is 8.04. The van der Waals surface area contributed by atoms with E-state index < -0.39 is 14.8 Å². The van der Waals surface area contributed by atoms with Crippen molar-refractivity contribution in [3.05, 3.63) is 0 Å². The molecule has 1 saturated heterocycles. The predicted octanol–water partition coefficient (Wildman–Crippen LogP) is 1.16. The second-order valence-electron chi connectivity index (χ2n) is 4.13. The molecular formula is C8H17NO2S2. The average molecular weight is 223 g/mol. The first kappa shape index (κ1) is 11.3. The fourth-order valence-electron chi connectivity index (χ4n) is 1.17. The predicted molar refractivity (Wildman–Crippen MR) is 57.6 cm³/mol. The van der Waals surface area contributed by atoms with E-state index in [0.29, 0.717) is 13.1 Å². The average Bonchev–Trinajstić information content (AvgIpc) is 2.04. The Bertz CT molecular complexity index is 260. The highest BCUT2D eigenvalue weighted by atomic mass is 32.2. The summed E-state index contributed by atoms with van der Waals surface area (Å²) in [6.07, 6.45) is 0. The van der Waals surface area contributed by atoms with Crippen LogP contribution in [-0.4, -0.2) is 42.1 Å². The Kier molecular flexibility index (Phi) is 3.30. The van der Waals surface area contributed by atoms with Crippen molar-refractivity contribution in [2.45, 2.75) is 25.5 Å². The van der Waals surface area contributed by atoms with E-state index in [4.69, 9.17) is 0 Å². The first-order chi connectivity index (χ1) is 5.86. The standard InChI is InChI=1S/C8H17NO2S2/c1-8(2,3)13(10,11)9-4-6-12-7-5-9/h4-7H2,1-3H3. The van der Waals surface area contributed by atoms with E-state index in [1.165, 1.54) is 0 Å². The number of rotatable bonds is 1. The van der Waals surface area contributed by atoms with Gasteiger partial charge in [-0.3, -0.25) is 0 Å². The molecule has 0 atom stereocenters. The van der Waals surface area contributed by atoms with Crippen LogP contribution in [0.2, 0.25) is 0 Å². The molecule has 0 radical (unpaired) electrons. The van der Waals surface area contributed by atoms with Gasteiger partial charge in [0.15, 0.2) is 0 Å². The van der Waals surface area contributed by atoms with Crippen molar-refractivity contribution in [3.8, 4) is 0 Å². The van der Waals surface area contributed by atoms with Gasteiger partial charge in [0, 0.05) is 24.6 Å². The van der Waals surface area contributed by atoms with Crippen LogP contribution in [0.1, 0.15) is 20.8 Å². The van der Waals surface area contributed by atoms with Crippen molar-refractivity contribution in [1.29, 1.82) is 0 Å². The minimum Gasteiger partial charge on any atom is -0.212 e. The number of thioether (sulfide) groups is 1. The third-order valence-corrected chi connectivity index (χ3v) is 5.62. The second kappa shape index (κ2) is 3.79. The summed E-state index contributed by atoms with van der Waals surface area (Å²) in [5.41, 5.74) is 0. The van der Waals surface area contributed by atoms with E-state index in [1.807, 2.05) is 11.8 Å². The van der Waals surface area contributed by atoms with E-state index in [-0.39, 0.29) is 0 Å². The fraction of sp³-hybridized carbons (Fsp3) is 1.00. The van der Waals surface area contributed by atoms with Crippen LogP contribution < -0.4 is 0 Å². The Balaban J connectivity index is 2.80. The number of sulfonamides is 1. The molecule has 0 unspecified atom stereocenters. The lowest BCUT2D eigenvalue weighted by Crippen LogP contribution is -2.46.